The Balaban J connectivity index is 2.27. The fraction of sp³-hybridized carbons (Fsp3) is 0.0769. The number of nitro groups is 1. The van der Waals surface area contributed by atoms with Crippen molar-refractivity contribution in [1.82, 2.24) is 9.97 Å². The van der Waals surface area contributed by atoms with Gasteiger partial charge in [-0.15, -0.1) is 0 Å². The molecule has 3 rings (SSSR count). The Labute approximate surface area is 117 Å². The standard InChI is InChI=1S/C13H10N4O4/c1-6-9(7-2-4-8(5-3-7)17(19)20)10-11(18)15-13(14)16-12(10)21-6/h2-5H,1H3,(H3,14,15,16,18). The van der Waals surface area contributed by atoms with Gasteiger partial charge in [-0.2, -0.15) is 4.98 Å². The predicted molar refractivity (Wildman–Crippen MR) is 75.9 cm³/mol. The second-order valence-corrected chi connectivity index (χ2v) is 4.47. The molecule has 0 bridgehead atoms. The van der Waals surface area contributed by atoms with Gasteiger partial charge >= 0.3 is 0 Å². The third kappa shape index (κ3) is 2.02. The molecule has 8 nitrogen and oxygen atoms in total. The first-order valence-electron chi connectivity index (χ1n) is 6.01. The number of nitrogens with zero attached hydrogens (tertiary/aromatic N) is 2. The van der Waals surface area contributed by atoms with E-state index in [0.29, 0.717) is 16.9 Å². The summed E-state index contributed by atoms with van der Waals surface area (Å²) in [5.41, 5.74) is 6.36. The van der Waals surface area contributed by atoms with E-state index in [0.717, 1.165) is 0 Å². The molecule has 3 aromatic rings. The molecule has 0 amide bonds. The first-order chi connectivity index (χ1) is 9.97. The van der Waals surface area contributed by atoms with Gasteiger partial charge in [-0.3, -0.25) is 19.9 Å². The lowest BCUT2D eigenvalue weighted by Gasteiger charge is -2.00. The molecule has 0 aliphatic rings. The number of nitro benzene ring substituents is 1. The minimum atomic E-state index is -0.487. The lowest BCUT2D eigenvalue weighted by molar-refractivity contribution is -0.384. The van der Waals surface area contributed by atoms with E-state index in [1.54, 1.807) is 19.1 Å². The number of fused-ring (bicyclic) bond motifs is 1. The maximum Gasteiger partial charge on any atom is 0.269 e. The van der Waals surface area contributed by atoms with Crippen LogP contribution in [-0.2, 0) is 0 Å². The van der Waals surface area contributed by atoms with E-state index in [4.69, 9.17) is 10.2 Å². The zero-order chi connectivity index (χ0) is 15.1. The van der Waals surface area contributed by atoms with Crippen LogP contribution < -0.4 is 11.3 Å². The zero-order valence-corrected chi connectivity index (χ0v) is 10.9. The topological polar surface area (TPSA) is 128 Å². The highest BCUT2D eigenvalue weighted by atomic mass is 16.6. The Bertz CT molecular complexity index is 908. The molecule has 1 aromatic carbocycles. The molecule has 106 valence electrons. The molecule has 0 atom stereocenters. The second kappa shape index (κ2) is 4.44. The van der Waals surface area contributed by atoms with Gasteiger partial charge in [-0.25, -0.2) is 0 Å². The number of benzene rings is 1. The SMILES string of the molecule is Cc1oc2nc(N)[nH]c(=O)c2c1-c1ccc([N+](=O)[O-])cc1. The summed E-state index contributed by atoms with van der Waals surface area (Å²) in [6, 6.07) is 5.86. The van der Waals surface area contributed by atoms with Gasteiger partial charge in [-0.1, -0.05) is 0 Å². The molecular formula is C13H10N4O4. The van der Waals surface area contributed by atoms with Gasteiger partial charge < -0.3 is 10.2 Å². The molecule has 0 aliphatic heterocycles. The van der Waals surface area contributed by atoms with E-state index in [2.05, 4.69) is 9.97 Å². The number of anilines is 1. The predicted octanol–water partition coefficient (Wildman–Crippen LogP) is 1.98. The molecule has 21 heavy (non-hydrogen) atoms. The Morgan fingerprint density at radius 2 is 2.00 bits per heavy atom. The van der Waals surface area contributed by atoms with Crippen molar-refractivity contribution in [2.24, 2.45) is 0 Å². The lowest BCUT2D eigenvalue weighted by Crippen LogP contribution is -2.10. The van der Waals surface area contributed by atoms with Crippen LogP contribution in [0.5, 0.6) is 0 Å². The summed E-state index contributed by atoms with van der Waals surface area (Å²) in [6.45, 7) is 1.69. The normalized spacial score (nSPS) is 10.9. The third-order valence-electron chi connectivity index (χ3n) is 3.12. The number of rotatable bonds is 2. The number of nitrogens with one attached hydrogen (secondary N) is 1. The molecule has 3 N–H and O–H groups in total. The molecule has 0 saturated heterocycles. The van der Waals surface area contributed by atoms with Gasteiger partial charge in [0.05, 0.1) is 4.92 Å². The summed E-state index contributed by atoms with van der Waals surface area (Å²) < 4.78 is 5.45. The van der Waals surface area contributed by atoms with Crippen LogP contribution >= 0.6 is 0 Å². The van der Waals surface area contributed by atoms with E-state index >= 15 is 0 Å². The molecule has 0 aliphatic carbocycles. The van der Waals surface area contributed by atoms with Gasteiger partial charge in [-0.05, 0) is 24.6 Å². The summed E-state index contributed by atoms with van der Waals surface area (Å²) >= 11 is 0. The molecule has 2 aromatic heterocycles. The maximum atomic E-state index is 12.0. The van der Waals surface area contributed by atoms with Crippen LogP contribution in [0.4, 0.5) is 11.6 Å². The number of non-ortho nitro benzene ring substituents is 1. The number of H-pyrrole nitrogens is 1. The van der Waals surface area contributed by atoms with Crippen LogP contribution in [0.25, 0.3) is 22.2 Å². The van der Waals surface area contributed by atoms with E-state index in [-0.39, 0.29) is 22.7 Å². The maximum absolute atomic E-state index is 12.0. The van der Waals surface area contributed by atoms with E-state index in [9.17, 15) is 14.9 Å². The van der Waals surface area contributed by atoms with Crippen LogP contribution in [0, 0.1) is 17.0 Å². The smallest absolute Gasteiger partial charge is 0.269 e. The molecule has 0 saturated carbocycles. The van der Waals surface area contributed by atoms with Crippen LogP contribution in [0.3, 0.4) is 0 Å². The molecule has 0 radical (unpaired) electrons. The highest BCUT2D eigenvalue weighted by Crippen LogP contribution is 2.32. The van der Waals surface area contributed by atoms with E-state index in [1.807, 2.05) is 0 Å². The zero-order valence-electron chi connectivity index (χ0n) is 10.9. The van der Waals surface area contributed by atoms with Gasteiger partial charge in [0.1, 0.15) is 11.1 Å². The van der Waals surface area contributed by atoms with Crippen molar-refractivity contribution < 1.29 is 9.34 Å². The molecule has 0 unspecified atom stereocenters. The van der Waals surface area contributed by atoms with Crippen molar-refractivity contribution in [3.8, 4) is 11.1 Å². The molecule has 0 fully saturated rings. The summed E-state index contributed by atoms with van der Waals surface area (Å²) in [6.07, 6.45) is 0. The van der Waals surface area contributed by atoms with Gasteiger partial charge in [0.25, 0.3) is 11.2 Å². The Morgan fingerprint density at radius 3 is 2.62 bits per heavy atom. The summed E-state index contributed by atoms with van der Waals surface area (Å²) in [4.78, 5) is 28.6. The van der Waals surface area contributed by atoms with Crippen LogP contribution in [0.2, 0.25) is 0 Å². The average molecular weight is 286 g/mol. The number of hydrogen-bond donors (Lipinski definition) is 2. The van der Waals surface area contributed by atoms with Crippen molar-refractivity contribution in [1.29, 1.82) is 0 Å². The van der Waals surface area contributed by atoms with Crippen molar-refractivity contribution in [3.05, 3.63) is 50.5 Å². The van der Waals surface area contributed by atoms with E-state index in [1.165, 1.54) is 12.1 Å². The fourth-order valence-electron chi connectivity index (χ4n) is 2.23. The highest BCUT2D eigenvalue weighted by Gasteiger charge is 2.18. The van der Waals surface area contributed by atoms with Crippen molar-refractivity contribution in [3.63, 3.8) is 0 Å². The number of furan rings is 1. The van der Waals surface area contributed by atoms with E-state index < -0.39 is 10.5 Å². The summed E-state index contributed by atoms with van der Waals surface area (Å²) in [7, 11) is 0. The lowest BCUT2D eigenvalue weighted by atomic mass is 10.0. The summed E-state index contributed by atoms with van der Waals surface area (Å²) in [5, 5.41) is 11.0. The molecule has 8 heteroatoms. The highest BCUT2D eigenvalue weighted by molar-refractivity contribution is 5.93. The van der Waals surface area contributed by atoms with Crippen molar-refractivity contribution in [2.45, 2.75) is 6.92 Å². The number of aryl methyl sites for hydroxylation is 1. The summed E-state index contributed by atoms with van der Waals surface area (Å²) in [5.74, 6) is 0.457. The van der Waals surface area contributed by atoms with Gasteiger partial charge in [0.2, 0.25) is 11.7 Å². The van der Waals surface area contributed by atoms with Gasteiger partial charge in [0, 0.05) is 17.7 Å². The first-order valence-corrected chi connectivity index (χ1v) is 6.01. The van der Waals surface area contributed by atoms with Crippen molar-refractivity contribution >= 4 is 22.7 Å². The number of aromatic nitrogens is 2. The second-order valence-electron chi connectivity index (χ2n) is 4.47. The van der Waals surface area contributed by atoms with Crippen LogP contribution in [-0.4, -0.2) is 14.9 Å². The fourth-order valence-corrected chi connectivity index (χ4v) is 2.23. The third-order valence-corrected chi connectivity index (χ3v) is 3.12. The number of hydrogen-bond acceptors (Lipinski definition) is 6. The Morgan fingerprint density at radius 1 is 1.33 bits per heavy atom. The van der Waals surface area contributed by atoms with Crippen LogP contribution in [0.15, 0.2) is 33.5 Å². The molecular weight excluding hydrogens is 276 g/mol. The molecule has 2 heterocycles. The van der Waals surface area contributed by atoms with Gasteiger partial charge in [0.15, 0.2) is 0 Å². The van der Waals surface area contributed by atoms with Crippen molar-refractivity contribution in [2.75, 3.05) is 5.73 Å². The minimum absolute atomic E-state index is 0.0273. The largest absolute Gasteiger partial charge is 0.442 e. The number of nitrogen functional groups attached to an aromatic ring is 1. The average Bonchev–Trinajstić information content (AvgIpc) is 2.75. The number of aromatic amines is 1. The molecule has 0 spiro atoms. The quantitative estimate of drug-likeness (QED) is 0.547. The Hall–Kier alpha value is -3.16. The minimum Gasteiger partial charge on any atom is -0.442 e. The Kier molecular flexibility index (Phi) is 2.72. The first kappa shape index (κ1) is 12.9. The monoisotopic (exact) mass is 286 g/mol. The van der Waals surface area contributed by atoms with Crippen LogP contribution in [0.1, 0.15) is 5.76 Å². The number of nitrogens with two attached hydrogens (primary N) is 1.